The fourth-order valence-corrected chi connectivity index (χ4v) is 2.06. The molecule has 0 spiro atoms. The first-order valence-corrected chi connectivity index (χ1v) is 6.52. The monoisotopic (exact) mass is 243 g/mol. The number of nitrogens with zero attached hydrogens (tertiary/aromatic N) is 1. The van der Waals surface area contributed by atoms with Crippen molar-refractivity contribution in [2.75, 3.05) is 39.9 Å². The van der Waals surface area contributed by atoms with Crippen LogP contribution in [-0.2, 0) is 4.74 Å². The van der Waals surface area contributed by atoms with E-state index >= 15 is 0 Å². The third kappa shape index (κ3) is 5.55. The smallest absolute Gasteiger partial charge is 0.0965 e. The van der Waals surface area contributed by atoms with Gasteiger partial charge in [-0.1, -0.05) is 6.92 Å². The summed E-state index contributed by atoms with van der Waals surface area (Å²) in [4.78, 5) is 4.30. The van der Waals surface area contributed by atoms with Crippen molar-refractivity contribution in [3.05, 3.63) is 16.6 Å². The van der Waals surface area contributed by atoms with Gasteiger partial charge in [-0.25, -0.2) is 4.98 Å². The molecule has 5 heteroatoms. The van der Waals surface area contributed by atoms with E-state index in [-0.39, 0.29) is 0 Å². The lowest BCUT2D eigenvalue weighted by atomic mass is 10.2. The Morgan fingerprint density at radius 3 is 2.88 bits per heavy atom. The number of methoxy groups -OCH3 is 1. The first-order chi connectivity index (χ1) is 7.84. The molecule has 0 aliphatic carbocycles. The van der Waals surface area contributed by atoms with Crippen molar-refractivity contribution >= 4 is 11.3 Å². The molecule has 0 amide bonds. The van der Waals surface area contributed by atoms with Gasteiger partial charge in [0.1, 0.15) is 0 Å². The summed E-state index contributed by atoms with van der Waals surface area (Å²) in [5.74, 6) is 0.499. The van der Waals surface area contributed by atoms with Gasteiger partial charge in [0.25, 0.3) is 0 Å². The number of thiazole rings is 1. The van der Waals surface area contributed by atoms with Crippen LogP contribution in [0.1, 0.15) is 17.8 Å². The topological polar surface area (TPSA) is 46.2 Å². The van der Waals surface area contributed by atoms with Crippen LogP contribution in [0, 0.1) is 0 Å². The molecular weight excluding hydrogens is 222 g/mol. The number of hydrogen-bond acceptors (Lipinski definition) is 5. The molecule has 0 radical (unpaired) electrons. The maximum absolute atomic E-state index is 4.95. The van der Waals surface area contributed by atoms with E-state index in [1.54, 1.807) is 18.4 Å². The predicted octanol–water partition coefficient (Wildman–Crippen LogP) is 1.07. The highest BCUT2D eigenvalue weighted by Crippen LogP contribution is 2.15. The Morgan fingerprint density at radius 1 is 1.38 bits per heavy atom. The lowest BCUT2D eigenvalue weighted by molar-refractivity contribution is 0.199. The van der Waals surface area contributed by atoms with Gasteiger partial charge in [-0.15, -0.1) is 11.3 Å². The van der Waals surface area contributed by atoms with Gasteiger partial charge >= 0.3 is 0 Å². The average Bonchev–Trinajstić information content (AvgIpc) is 2.81. The normalized spacial score (nSPS) is 12.9. The summed E-state index contributed by atoms with van der Waals surface area (Å²) in [6, 6.07) is 0. The standard InChI is InChI=1S/C11H21N3OS/c1-10(11-14-6-8-16-11)9-13-4-3-12-5-7-15-2/h6,8,10,12-13H,3-5,7,9H2,1-2H3. The summed E-state index contributed by atoms with van der Waals surface area (Å²) >= 11 is 1.72. The minimum absolute atomic E-state index is 0.499. The van der Waals surface area contributed by atoms with Gasteiger partial charge in [0.2, 0.25) is 0 Å². The van der Waals surface area contributed by atoms with Gasteiger partial charge in [0.15, 0.2) is 0 Å². The van der Waals surface area contributed by atoms with Crippen LogP contribution < -0.4 is 10.6 Å². The van der Waals surface area contributed by atoms with Crippen LogP contribution in [0.15, 0.2) is 11.6 Å². The minimum Gasteiger partial charge on any atom is -0.383 e. The fraction of sp³-hybridized carbons (Fsp3) is 0.727. The van der Waals surface area contributed by atoms with Crippen molar-refractivity contribution in [2.45, 2.75) is 12.8 Å². The molecule has 1 aromatic heterocycles. The molecular formula is C11H21N3OS. The van der Waals surface area contributed by atoms with E-state index in [1.807, 2.05) is 11.6 Å². The highest BCUT2D eigenvalue weighted by Gasteiger charge is 2.06. The summed E-state index contributed by atoms with van der Waals surface area (Å²) in [7, 11) is 1.72. The van der Waals surface area contributed by atoms with Crippen molar-refractivity contribution in [1.82, 2.24) is 15.6 Å². The molecule has 1 rings (SSSR count). The Hall–Kier alpha value is -0.490. The maximum atomic E-state index is 4.95. The Labute approximate surface area is 101 Å². The molecule has 4 nitrogen and oxygen atoms in total. The Morgan fingerprint density at radius 2 is 2.19 bits per heavy atom. The molecule has 0 saturated heterocycles. The van der Waals surface area contributed by atoms with E-state index < -0.39 is 0 Å². The highest BCUT2D eigenvalue weighted by atomic mass is 32.1. The van der Waals surface area contributed by atoms with E-state index in [9.17, 15) is 0 Å². The van der Waals surface area contributed by atoms with Crippen molar-refractivity contribution in [1.29, 1.82) is 0 Å². The van der Waals surface area contributed by atoms with Crippen LogP contribution in [0.4, 0.5) is 0 Å². The molecule has 16 heavy (non-hydrogen) atoms. The van der Waals surface area contributed by atoms with Crippen molar-refractivity contribution in [3.8, 4) is 0 Å². The zero-order chi connectivity index (χ0) is 11.6. The first-order valence-electron chi connectivity index (χ1n) is 5.64. The second-order valence-electron chi connectivity index (χ2n) is 3.72. The maximum Gasteiger partial charge on any atom is 0.0965 e. The summed E-state index contributed by atoms with van der Waals surface area (Å²) in [6.45, 7) is 6.84. The molecule has 0 fully saturated rings. The minimum atomic E-state index is 0.499. The third-order valence-corrected chi connectivity index (χ3v) is 3.29. The second-order valence-corrected chi connectivity index (χ2v) is 4.64. The van der Waals surface area contributed by atoms with Gasteiger partial charge in [-0.05, 0) is 0 Å². The fourth-order valence-electron chi connectivity index (χ4n) is 1.36. The molecule has 0 aromatic carbocycles. The molecule has 1 unspecified atom stereocenters. The van der Waals surface area contributed by atoms with Gasteiger partial charge in [-0.2, -0.15) is 0 Å². The van der Waals surface area contributed by atoms with E-state index in [1.165, 1.54) is 5.01 Å². The molecule has 2 N–H and O–H groups in total. The number of ether oxygens (including phenoxy) is 1. The van der Waals surface area contributed by atoms with E-state index in [0.717, 1.165) is 32.8 Å². The van der Waals surface area contributed by atoms with Crippen LogP contribution in [0.25, 0.3) is 0 Å². The van der Waals surface area contributed by atoms with Gasteiger partial charge < -0.3 is 15.4 Å². The number of nitrogens with one attached hydrogen (secondary N) is 2. The van der Waals surface area contributed by atoms with E-state index in [2.05, 4.69) is 22.5 Å². The van der Waals surface area contributed by atoms with Crippen LogP contribution in [0.2, 0.25) is 0 Å². The summed E-state index contributed by atoms with van der Waals surface area (Å²) in [5, 5.41) is 9.94. The van der Waals surface area contributed by atoms with Crippen LogP contribution in [0.3, 0.4) is 0 Å². The van der Waals surface area contributed by atoms with Crippen LogP contribution in [-0.4, -0.2) is 44.9 Å². The zero-order valence-corrected chi connectivity index (χ0v) is 10.8. The quantitative estimate of drug-likeness (QED) is 0.637. The molecule has 0 bridgehead atoms. The lowest BCUT2D eigenvalue weighted by Gasteiger charge is -2.10. The molecule has 0 saturated carbocycles. The van der Waals surface area contributed by atoms with Crippen molar-refractivity contribution in [3.63, 3.8) is 0 Å². The van der Waals surface area contributed by atoms with E-state index in [4.69, 9.17) is 4.74 Å². The summed E-state index contributed by atoms with van der Waals surface area (Å²) in [6.07, 6.45) is 1.86. The van der Waals surface area contributed by atoms with Gasteiger partial charge in [0, 0.05) is 50.8 Å². The van der Waals surface area contributed by atoms with Crippen molar-refractivity contribution < 1.29 is 4.74 Å². The van der Waals surface area contributed by atoms with Gasteiger partial charge in [0.05, 0.1) is 11.6 Å². The lowest BCUT2D eigenvalue weighted by Crippen LogP contribution is -2.31. The third-order valence-electron chi connectivity index (χ3n) is 2.29. The summed E-state index contributed by atoms with van der Waals surface area (Å²) < 4.78 is 4.95. The van der Waals surface area contributed by atoms with Gasteiger partial charge in [-0.3, -0.25) is 0 Å². The largest absolute Gasteiger partial charge is 0.383 e. The molecule has 1 atom stereocenters. The first kappa shape index (κ1) is 13.6. The SMILES string of the molecule is COCCNCCNCC(C)c1nccs1. The molecule has 0 aliphatic rings. The Kier molecular flexibility index (Phi) is 7.33. The van der Waals surface area contributed by atoms with Crippen molar-refractivity contribution in [2.24, 2.45) is 0 Å². The Bertz CT molecular complexity index is 254. The Balaban J connectivity index is 1.95. The highest BCUT2D eigenvalue weighted by molar-refractivity contribution is 7.09. The van der Waals surface area contributed by atoms with E-state index in [0.29, 0.717) is 5.92 Å². The van der Waals surface area contributed by atoms with Crippen LogP contribution in [0.5, 0.6) is 0 Å². The number of hydrogen-bond donors (Lipinski definition) is 2. The number of aromatic nitrogens is 1. The van der Waals surface area contributed by atoms with Crippen LogP contribution >= 0.6 is 11.3 Å². The molecule has 0 aliphatic heterocycles. The zero-order valence-electron chi connectivity index (χ0n) is 10.0. The molecule has 1 aromatic rings. The summed E-state index contributed by atoms with van der Waals surface area (Å²) in [5.41, 5.74) is 0. The molecule has 1 heterocycles. The second kappa shape index (κ2) is 8.64. The average molecular weight is 243 g/mol. The number of rotatable bonds is 9. The molecule has 92 valence electrons. The predicted molar refractivity (Wildman–Crippen MR) is 68.1 cm³/mol.